The lowest BCUT2D eigenvalue weighted by molar-refractivity contribution is 0.0694. The summed E-state index contributed by atoms with van der Waals surface area (Å²) in [6.45, 7) is 5.77. The first-order chi connectivity index (χ1) is 12.5. The summed E-state index contributed by atoms with van der Waals surface area (Å²) in [6.07, 6.45) is 1.75. The molecule has 26 heavy (non-hydrogen) atoms. The van der Waals surface area contributed by atoms with Gasteiger partial charge in [0.15, 0.2) is 0 Å². The van der Waals surface area contributed by atoms with Gasteiger partial charge in [0.05, 0.1) is 5.69 Å². The number of anilines is 1. The Kier molecular flexibility index (Phi) is 5.82. The molecule has 138 valence electrons. The summed E-state index contributed by atoms with van der Waals surface area (Å²) in [5.74, 6) is 0.392. The monoisotopic (exact) mass is 373 g/mol. The summed E-state index contributed by atoms with van der Waals surface area (Å²) in [4.78, 5) is 27.0. The Morgan fingerprint density at radius 2 is 1.96 bits per heavy atom. The number of hydrogen-bond donors (Lipinski definition) is 2. The molecule has 2 aromatic rings. The number of amides is 3. The van der Waals surface area contributed by atoms with Gasteiger partial charge in [0.2, 0.25) is 0 Å². The summed E-state index contributed by atoms with van der Waals surface area (Å²) in [6, 6.07) is 7.49. The molecule has 0 spiro atoms. The Labute approximate surface area is 157 Å². The van der Waals surface area contributed by atoms with Gasteiger partial charge in [-0.05, 0) is 55.8 Å². The number of nitrogens with one attached hydrogen (secondary N) is 2. The Hall–Kier alpha value is -2.48. The molecule has 2 N–H and O–H groups in total. The minimum absolute atomic E-state index is 0.0150. The third kappa shape index (κ3) is 4.37. The molecule has 7 nitrogen and oxygen atoms in total. The van der Waals surface area contributed by atoms with E-state index in [1.165, 1.54) is 0 Å². The van der Waals surface area contributed by atoms with Crippen molar-refractivity contribution in [3.05, 3.63) is 40.4 Å². The zero-order valence-electron chi connectivity index (χ0n) is 15.0. The van der Waals surface area contributed by atoms with E-state index in [1.807, 2.05) is 36.1 Å². The van der Waals surface area contributed by atoms with Crippen LogP contribution >= 0.6 is 11.5 Å². The highest BCUT2D eigenvalue weighted by Crippen LogP contribution is 2.21. The van der Waals surface area contributed by atoms with Crippen molar-refractivity contribution >= 4 is 29.2 Å². The smallest absolute Gasteiger partial charge is 0.319 e. The lowest BCUT2D eigenvalue weighted by Crippen LogP contribution is -2.42. The van der Waals surface area contributed by atoms with Gasteiger partial charge in [0.25, 0.3) is 5.91 Å². The summed E-state index contributed by atoms with van der Waals surface area (Å²) < 4.78 is 3.83. The third-order valence-corrected chi connectivity index (χ3v) is 5.51. The molecule has 1 aromatic carbocycles. The number of benzene rings is 1. The second-order valence-corrected chi connectivity index (χ2v) is 7.33. The van der Waals surface area contributed by atoms with Gasteiger partial charge in [-0.25, -0.2) is 4.79 Å². The SMILES string of the molecule is Cc1ccccc1NC(=O)NCC1CCN(C(=O)c2snnc2C)CC1. The van der Waals surface area contributed by atoms with Crippen LogP contribution in [-0.2, 0) is 0 Å². The number of hydrogen-bond acceptors (Lipinski definition) is 5. The number of para-hydroxylation sites is 1. The maximum absolute atomic E-state index is 12.5. The second-order valence-electron chi connectivity index (χ2n) is 6.57. The molecule has 0 radical (unpaired) electrons. The molecule has 3 rings (SSSR count). The van der Waals surface area contributed by atoms with Crippen molar-refractivity contribution in [1.29, 1.82) is 0 Å². The summed E-state index contributed by atoms with van der Waals surface area (Å²) >= 11 is 1.15. The van der Waals surface area contributed by atoms with Crippen LogP contribution in [0, 0.1) is 19.8 Å². The van der Waals surface area contributed by atoms with Gasteiger partial charge >= 0.3 is 6.03 Å². The zero-order valence-corrected chi connectivity index (χ0v) is 15.8. The van der Waals surface area contributed by atoms with Gasteiger partial charge in [-0.15, -0.1) is 5.10 Å². The Morgan fingerprint density at radius 3 is 2.62 bits per heavy atom. The van der Waals surface area contributed by atoms with Crippen LogP contribution in [-0.4, -0.2) is 46.1 Å². The summed E-state index contributed by atoms with van der Waals surface area (Å²) in [7, 11) is 0. The van der Waals surface area contributed by atoms with Gasteiger partial charge in [0.1, 0.15) is 4.88 Å². The van der Waals surface area contributed by atoms with Crippen molar-refractivity contribution in [1.82, 2.24) is 19.8 Å². The van der Waals surface area contributed by atoms with Gasteiger partial charge < -0.3 is 15.5 Å². The number of carbonyl (C=O) groups excluding carboxylic acids is 2. The van der Waals surface area contributed by atoms with Crippen LogP contribution in [0.15, 0.2) is 24.3 Å². The van der Waals surface area contributed by atoms with Crippen LogP contribution in [0.5, 0.6) is 0 Å². The van der Waals surface area contributed by atoms with Crippen molar-refractivity contribution in [2.75, 3.05) is 25.0 Å². The number of urea groups is 1. The number of aromatic nitrogens is 2. The summed E-state index contributed by atoms with van der Waals surface area (Å²) in [5.41, 5.74) is 2.54. The number of carbonyl (C=O) groups is 2. The Morgan fingerprint density at radius 1 is 1.23 bits per heavy atom. The van der Waals surface area contributed by atoms with E-state index < -0.39 is 0 Å². The highest BCUT2D eigenvalue weighted by molar-refractivity contribution is 7.07. The van der Waals surface area contributed by atoms with Crippen LogP contribution in [0.2, 0.25) is 0 Å². The zero-order chi connectivity index (χ0) is 18.5. The topological polar surface area (TPSA) is 87.2 Å². The van der Waals surface area contributed by atoms with Crippen LogP contribution < -0.4 is 10.6 Å². The van der Waals surface area contributed by atoms with E-state index in [9.17, 15) is 9.59 Å². The van der Waals surface area contributed by atoms with E-state index in [1.54, 1.807) is 6.92 Å². The van der Waals surface area contributed by atoms with E-state index in [-0.39, 0.29) is 11.9 Å². The van der Waals surface area contributed by atoms with Gasteiger partial charge in [-0.2, -0.15) is 0 Å². The first-order valence-electron chi connectivity index (χ1n) is 8.73. The predicted octanol–water partition coefficient (Wildman–Crippen LogP) is 2.83. The molecule has 1 aromatic heterocycles. The molecular formula is C18H23N5O2S. The average Bonchev–Trinajstić information content (AvgIpc) is 3.08. The van der Waals surface area contributed by atoms with Gasteiger partial charge in [-0.1, -0.05) is 22.7 Å². The van der Waals surface area contributed by atoms with E-state index in [4.69, 9.17) is 0 Å². The fraction of sp³-hybridized carbons (Fsp3) is 0.444. The highest BCUT2D eigenvalue weighted by Gasteiger charge is 2.26. The van der Waals surface area contributed by atoms with Crippen molar-refractivity contribution in [3.63, 3.8) is 0 Å². The molecular weight excluding hydrogens is 350 g/mol. The largest absolute Gasteiger partial charge is 0.338 e. The molecule has 1 aliphatic rings. The summed E-state index contributed by atoms with van der Waals surface area (Å²) in [5, 5.41) is 9.72. The predicted molar refractivity (Wildman–Crippen MR) is 101 cm³/mol. The third-order valence-electron chi connectivity index (χ3n) is 4.69. The van der Waals surface area contributed by atoms with Crippen LogP contribution in [0.4, 0.5) is 10.5 Å². The van der Waals surface area contributed by atoms with Gasteiger partial charge in [0, 0.05) is 25.3 Å². The average molecular weight is 373 g/mol. The highest BCUT2D eigenvalue weighted by atomic mass is 32.1. The number of aryl methyl sites for hydroxylation is 2. The van der Waals surface area contributed by atoms with E-state index in [0.29, 0.717) is 36.1 Å². The molecule has 1 saturated heterocycles. The van der Waals surface area contributed by atoms with Crippen molar-refractivity contribution in [2.24, 2.45) is 5.92 Å². The van der Waals surface area contributed by atoms with Crippen molar-refractivity contribution < 1.29 is 9.59 Å². The molecule has 0 atom stereocenters. The first kappa shape index (κ1) is 18.3. The quantitative estimate of drug-likeness (QED) is 0.863. The van der Waals surface area contributed by atoms with Crippen LogP contribution in [0.25, 0.3) is 0 Å². The number of nitrogens with zero attached hydrogens (tertiary/aromatic N) is 3. The van der Waals surface area contributed by atoms with E-state index >= 15 is 0 Å². The number of piperidine rings is 1. The molecule has 0 bridgehead atoms. The molecule has 1 aliphatic heterocycles. The molecule has 0 aliphatic carbocycles. The lowest BCUT2D eigenvalue weighted by atomic mass is 9.96. The lowest BCUT2D eigenvalue weighted by Gasteiger charge is -2.31. The van der Waals surface area contributed by atoms with Crippen molar-refractivity contribution in [2.45, 2.75) is 26.7 Å². The van der Waals surface area contributed by atoms with Gasteiger partial charge in [-0.3, -0.25) is 4.79 Å². The maximum atomic E-state index is 12.5. The normalized spacial score (nSPS) is 14.9. The fourth-order valence-electron chi connectivity index (χ4n) is 3.03. The molecule has 2 heterocycles. The minimum Gasteiger partial charge on any atom is -0.338 e. The molecule has 1 fully saturated rings. The standard InChI is InChI=1S/C18H23N5O2S/c1-12-5-3-4-6-15(12)20-18(25)19-11-14-7-9-23(10-8-14)17(24)16-13(2)21-22-26-16/h3-6,14H,7-11H2,1-2H3,(H2,19,20,25). The second kappa shape index (κ2) is 8.27. The van der Waals surface area contributed by atoms with E-state index in [2.05, 4.69) is 20.2 Å². The fourth-order valence-corrected chi connectivity index (χ4v) is 3.65. The Bertz CT molecular complexity index is 783. The first-order valence-corrected chi connectivity index (χ1v) is 9.50. The molecule has 0 saturated carbocycles. The number of rotatable bonds is 4. The molecule has 8 heteroatoms. The van der Waals surface area contributed by atoms with Crippen molar-refractivity contribution in [3.8, 4) is 0 Å². The maximum Gasteiger partial charge on any atom is 0.319 e. The van der Waals surface area contributed by atoms with Crippen LogP contribution in [0.3, 0.4) is 0 Å². The van der Waals surface area contributed by atoms with E-state index in [0.717, 1.165) is 35.6 Å². The molecule has 0 unspecified atom stereocenters. The molecule has 3 amide bonds. The Balaban J connectivity index is 1.43. The van der Waals surface area contributed by atoms with Crippen LogP contribution in [0.1, 0.15) is 33.8 Å². The minimum atomic E-state index is -0.191. The number of likely N-dealkylation sites (tertiary alicyclic amines) is 1.